The van der Waals surface area contributed by atoms with E-state index < -0.39 is 17.6 Å². The van der Waals surface area contributed by atoms with Crippen molar-refractivity contribution in [3.8, 4) is 16.9 Å². The molecule has 3 rings (SSSR count). The van der Waals surface area contributed by atoms with E-state index in [-0.39, 0.29) is 24.4 Å². The summed E-state index contributed by atoms with van der Waals surface area (Å²) in [6.07, 6.45) is 1.12. The van der Waals surface area contributed by atoms with Gasteiger partial charge in [0.05, 0.1) is 12.1 Å². The molecule has 0 aliphatic carbocycles. The molecule has 8 nitrogen and oxygen atoms in total. The van der Waals surface area contributed by atoms with Gasteiger partial charge in [-0.1, -0.05) is 30.3 Å². The summed E-state index contributed by atoms with van der Waals surface area (Å²) in [5, 5.41) is 21.7. The van der Waals surface area contributed by atoms with Crippen LogP contribution in [-0.4, -0.2) is 33.3 Å². The van der Waals surface area contributed by atoms with E-state index in [4.69, 9.17) is 5.11 Å². The molecule has 2 amide bonds. The predicted molar refractivity (Wildman–Crippen MR) is 122 cm³/mol. The first kappa shape index (κ1) is 22.6. The molecule has 1 heterocycles. The van der Waals surface area contributed by atoms with E-state index in [0.717, 1.165) is 27.2 Å². The number of nitrogens with zero attached hydrogens (tertiary/aromatic N) is 2. The van der Waals surface area contributed by atoms with Gasteiger partial charge in [0.25, 0.3) is 5.56 Å². The molecule has 0 fully saturated rings. The second-order valence-electron chi connectivity index (χ2n) is 7.49. The number of hydrogen-bond acceptors (Lipinski definition) is 4. The highest BCUT2D eigenvalue weighted by Gasteiger charge is 2.25. The lowest BCUT2D eigenvalue weighted by Gasteiger charge is -2.24. The fourth-order valence-corrected chi connectivity index (χ4v) is 3.57. The van der Waals surface area contributed by atoms with Gasteiger partial charge in [-0.25, -0.2) is 4.79 Å². The summed E-state index contributed by atoms with van der Waals surface area (Å²) in [6, 6.07) is 13.7. The van der Waals surface area contributed by atoms with Gasteiger partial charge in [0.15, 0.2) is 5.69 Å². The number of carboxylic acid groups (broad SMARTS) is 1. The van der Waals surface area contributed by atoms with E-state index in [2.05, 4.69) is 5.32 Å². The average Bonchev–Trinajstić information content (AvgIpc) is 2.74. The van der Waals surface area contributed by atoms with Crippen molar-refractivity contribution in [3.05, 3.63) is 76.2 Å². The van der Waals surface area contributed by atoms with Crippen molar-refractivity contribution in [1.82, 2.24) is 9.88 Å². The minimum atomic E-state index is -1.06. The number of rotatable bonds is 6. The quantitative estimate of drug-likeness (QED) is 0.547. The number of amides is 2. The molecular formula is C24H25N3O5. The summed E-state index contributed by atoms with van der Waals surface area (Å²) in [4.78, 5) is 37.6. The molecule has 0 atom stereocenters. The molecule has 0 saturated heterocycles. The Balaban J connectivity index is 2.06. The van der Waals surface area contributed by atoms with Gasteiger partial charge < -0.3 is 20.1 Å². The van der Waals surface area contributed by atoms with Crippen LogP contribution in [0.1, 0.15) is 17.5 Å². The van der Waals surface area contributed by atoms with Crippen molar-refractivity contribution in [3.63, 3.8) is 0 Å². The van der Waals surface area contributed by atoms with Crippen molar-refractivity contribution in [2.24, 2.45) is 7.05 Å². The molecule has 0 saturated carbocycles. The standard InChI is InChI=1S/C24H25N3O5/c1-15-5-4-6-16(2)21(15)17-7-9-18(10-8-17)27(24(32)25-13-11-20(29)30)22-19(28)12-14-26(3)23(22)31/h4-10,12,14,28H,11,13H2,1-3H3,(H,25,32)(H,29,30). The summed E-state index contributed by atoms with van der Waals surface area (Å²) in [5.74, 6) is -1.42. The number of carbonyl (C=O) groups is 2. The maximum absolute atomic E-state index is 13.0. The summed E-state index contributed by atoms with van der Waals surface area (Å²) < 4.78 is 1.25. The number of hydrogen-bond donors (Lipinski definition) is 3. The topological polar surface area (TPSA) is 112 Å². The van der Waals surface area contributed by atoms with Gasteiger partial charge >= 0.3 is 12.0 Å². The zero-order chi connectivity index (χ0) is 23.4. The van der Waals surface area contributed by atoms with Crippen molar-refractivity contribution >= 4 is 23.4 Å². The lowest BCUT2D eigenvalue weighted by Crippen LogP contribution is -2.41. The lowest BCUT2D eigenvalue weighted by atomic mass is 9.96. The molecule has 3 N–H and O–H groups in total. The number of pyridine rings is 1. The molecule has 0 aliphatic rings. The number of carboxylic acids is 1. The average molecular weight is 435 g/mol. The van der Waals surface area contributed by atoms with Crippen molar-refractivity contribution in [1.29, 1.82) is 0 Å². The van der Waals surface area contributed by atoms with Crippen LogP contribution in [0.5, 0.6) is 5.75 Å². The van der Waals surface area contributed by atoms with E-state index in [1.807, 2.05) is 44.2 Å². The molecule has 0 bridgehead atoms. The Kier molecular flexibility index (Phi) is 6.63. The number of aliphatic carboxylic acids is 1. The van der Waals surface area contributed by atoms with Gasteiger partial charge in [0.2, 0.25) is 0 Å². The molecule has 8 heteroatoms. The number of urea groups is 1. The van der Waals surface area contributed by atoms with Crippen LogP contribution in [0, 0.1) is 13.8 Å². The van der Waals surface area contributed by atoms with E-state index in [0.29, 0.717) is 5.69 Å². The van der Waals surface area contributed by atoms with Crippen LogP contribution in [-0.2, 0) is 11.8 Å². The van der Waals surface area contributed by atoms with Crippen LogP contribution in [0.4, 0.5) is 16.2 Å². The van der Waals surface area contributed by atoms with Gasteiger partial charge in [-0.2, -0.15) is 0 Å². The minimum absolute atomic E-state index is 0.126. The number of anilines is 2. The third-order valence-corrected chi connectivity index (χ3v) is 5.16. The number of aryl methyl sites for hydroxylation is 3. The van der Waals surface area contributed by atoms with Crippen LogP contribution in [0.15, 0.2) is 59.5 Å². The Hall–Kier alpha value is -4.07. The molecule has 0 spiro atoms. The predicted octanol–water partition coefficient (Wildman–Crippen LogP) is 3.70. The Morgan fingerprint density at radius 1 is 1.03 bits per heavy atom. The smallest absolute Gasteiger partial charge is 0.326 e. The highest BCUT2D eigenvalue weighted by Crippen LogP contribution is 2.33. The number of aromatic hydroxyl groups is 1. The molecule has 0 radical (unpaired) electrons. The van der Waals surface area contributed by atoms with Gasteiger partial charge in [-0.05, 0) is 54.3 Å². The van der Waals surface area contributed by atoms with E-state index in [1.165, 1.54) is 23.9 Å². The molecule has 32 heavy (non-hydrogen) atoms. The number of aromatic nitrogens is 1. The fraction of sp³-hybridized carbons (Fsp3) is 0.208. The van der Waals surface area contributed by atoms with Crippen LogP contribution in [0.3, 0.4) is 0 Å². The molecule has 0 aliphatic heterocycles. The third-order valence-electron chi connectivity index (χ3n) is 5.16. The van der Waals surface area contributed by atoms with Gasteiger partial charge in [0, 0.05) is 19.8 Å². The monoisotopic (exact) mass is 435 g/mol. The summed E-state index contributed by atoms with van der Waals surface area (Å²) in [7, 11) is 1.51. The van der Waals surface area contributed by atoms with E-state index in [1.54, 1.807) is 12.1 Å². The second-order valence-corrected chi connectivity index (χ2v) is 7.49. The van der Waals surface area contributed by atoms with Crippen LogP contribution >= 0.6 is 0 Å². The third kappa shape index (κ3) is 4.64. The normalized spacial score (nSPS) is 10.6. The molecule has 3 aromatic rings. The summed E-state index contributed by atoms with van der Waals surface area (Å²) in [5.41, 5.74) is 3.80. The number of nitrogens with one attached hydrogen (secondary N) is 1. The van der Waals surface area contributed by atoms with Gasteiger partial charge in [-0.15, -0.1) is 0 Å². The molecule has 1 aromatic heterocycles. The minimum Gasteiger partial charge on any atom is -0.505 e. The lowest BCUT2D eigenvalue weighted by molar-refractivity contribution is -0.136. The van der Waals surface area contributed by atoms with Gasteiger partial charge in [-0.3, -0.25) is 14.5 Å². The first-order chi connectivity index (χ1) is 15.2. The van der Waals surface area contributed by atoms with Crippen molar-refractivity contribution < 1.29 is 19.8 Å². The highest BCUT2D eigenvalue weighted by molar-refractivity contribution is 6.00. The molecular weight excluding hydrogens is 410 g/mol. The summed E-state index contributed by atoms with van der Waals surface area (Å²) in [6.45, 7) is 3.91. The Labute approximate surface area is 185 Å². The largest absolute Gasteiger partial charge is 0.505 e. The second kappa shape index (κ2) is 9.38. The van der Waals surface area contributed by atoms with Gasteiger partial charge in [0.1, 0.15) is 5.75 Å². The molecule has 2 aromatic carbocycles. The highest BCUT2D eigenvalue weighted by atomic mass is 16.4. The molecule has 166 valence electrons. The van der Waals surface area contributed by atoms with E-state index >= 15 is 0 Å². The first-order valence-corrected chi connectivity index (χ1v) is 10.1. The number of benzene rings is 2. The Morgan fingerprint density at radius 2 is 1.66 bits per heavy atom. The summed E-state index contributed by atoms with van der Waals surface area (Å²) >= 11 is 0. The maximum atomic E-state index is 13.0. The van der Waals surface area contributed by atoms with E-state index in [9.17, 15) is 19.5 Å². The first-order valence-electron chi connectivity index (χ1n) is 10.1. The fourth-order valence-electron chi connectivity index (χ4n) is 3.57. The van der Waals surface area contributed by atoms with Crippen LogP contribution in [0.25, 0.3) is 11.1 Å². The van der Waals surface area contributed by atoms with Crippen LogP contribution in [0.2, 0.25) is 0 Å². The Bertz CT molecular complexity index is 1200. The maximum Gasteiger partial charge on any atom is 0.326 e. The van der Waals surface area contributed by atoms with Crippen molar-refractivity contribution in [2.45, 2.75) is 20.3 Å². The zero-order valence-corrected chi connectivity index (χ0v) is 18.1. The Morgan fingerprint density at radius 3 is 2.25 bits per heavy atom. The number of carbonyl (C=O) groups excluding carboxylic acids is 1. The zero-order valence-electron chi connectivity index (χ0n) is 18.1. The van der Waals surface area contributed by atoms with Crippen molar-refractivity contribution in [2.75, 3.05) is 11.4 Å². The molecule has 0 unspecified atom stereocenters. The SMILES string of the molecule is Cc1cccc(C)c1-c1ccc(N(C(=O)NCCC(=O)O)c2c(O)ccn(C)c2=O)cc1. The van der Waals surface area contributed by atoms with Crippen LogP contribution < -0.4 is 15.8 Å².